The van der Waals surface area contributed by atoms with Crippen LogP contribution in [0.1, 0.15) is 6.92 Å². The highest BCUT2D eigenvalue weighted by Crippen LogP contribution is 2.24. The summed E-state index contributed by atoms with van der Waals surface area (Å²) in [6.07, 6.45) is 1.65. The fraction of sp³-hybridized carbons (Fsp3) is 0.375. The fourth-order valence-electron chi connectivity index (χ4n) is 2.29. The van der Waals surface area contributed by atoms with Gasteiger partial charge in [0.15, 0.2) is 0 Å². The number of ether oxygens (including phenoxy) is 2. The first kappa shape index (κ1) is 15.5. The van der Waals surface area contributed by atoms with Crippen molar-refractivity contribution in [1.82, 2.24) is 15.2 Å². The maximum Gasteiger partial charge on any atom is 0.316 e. The van der Waals surface area contributed by atoms with Crippen molar-refractivity contribution in [2.45, 2.75) is 6.92 Å². The van der Waals surface area contributed by atoms with Gasteiger partial charge in [0.25, 0.3) is 0 Å². The van der Waals surface area contributed by atoms with Crippen LogP contribution in [0.15, 0.2) is 41.3 Å². The van der Waals surface area contributed by atoms with E-state index < -0.39 is 0 Å². The predicted octanol–water partition coefficient (Wildman–Crippen LogP) is 0.972. The average molecular weight is 316 g/mol. The maximum atomic E-state index is 12.8. The van der Waals surface area contributed by atoms with Gasteiger partial charge in [-0.05, 0) is 19.1 Å². The Balaban J connectivity index is 1.93. The number of hydrazine groups is 1. The van der Waals surface area contributed by atoms with E-state index in [1.54, 1.807) is 6.20 Å². The molecule has 23 heavy (non-hydrogen) atoms. The monoisotopic (exact) mass is 316 g/mol. The second kappa shape index (κ2) is 7.26. The summed E-state index contributed by atoms with van der Waals surface area (Å²) in [6.45, 7) is 5.00. The zero-order valence-corrected chi connectivity index (χ0v) is 13.1. The highest BCUT2D eigenvalue weighted by Gasteiger charge is 2.22. The number of nitrogens with one attached hydrogen (secondary N) is 1. The van der Waals surface area contributed by atoms with Gasteiger partial charge in [-0.2, -0.15) is 9.78 Å². The summed E-state index contributed by atoms with van der Waals surface area (Å²) in [5, 5.41) is 6.13. The lowest BCUT2D eigenvalue weighted by atomic mass is 10.3. The number of nitrogens with zero attached hydrogens (tertiary/aromatic N) is 3. The lowest BCUT2D eigenvalue weighted by molar-refractivity contribution is 0.109. The molecule has 1 fully saturated rings. The maximum absolute atomic E-state index is 12.8. The second-order valence-electron chi connectivity index (χ2n) is 5.02. The van der Waals surface area contributed by atoms with Crippen LogP contribution in [0.2, 0.25) is 0 Å². The van der Waals surface area contributed by atoms with Gasteiger partial charge in [0.2, 0.25) is 5.75 Å². The molecule has 2 aromatic rings. The molecule has 1 aromatic heterocycles. The standard InChI is InChI=1S/C16H20N4O3/c1-2-22-10-11-23-15-14(19-9-8-17-19)12-18-20(16(15)21)13-6-4-3-5-7-13/h3-7,12,17H,2,8-11H2,1H3. The molecule has 1 aliphatic rings. The van der Waals surface area contributed by atoms with E-state index in [-0.39, 0.29) is 11.3 Å². The van der Waals surface area contributed by atoms with Crippen LogP contribution in [0.4, 0.5) is 5.69 Å². The highest BCUT2D eigenvalue weighted by molar-refractivity contribution is 5.57. The normalized spacial score (nSPS) is 13.7. The topological polar surface area (TPSA) is 68.6 Å². The van der Waals surface area contributed by atoms with E-state index in [9.17, 15) is 4.79 Å². The molecule has 1 saturated heterocycles. The average Bonchev–Trinajstić information content (AvgIpc) is 2.53. The third kappa shape index (κ3) is 3.35. The molecule has 122 valence electrons. The van der Waals surface area contributed by atoms with Crippen LogP contribution in [0, 0.1) is 0 Å². The van der Waals surface area contributed by atoms with Crippen molar-refractivity contribution in [2.75, 3.05) is 37.9 Å². The number of rotatable bonds is 7. The first-order valence-electron chi connectivity index (χ1n) is 7.70. The molecule has 0 bridgehead atoms. The van der Waals surface area contributed by atoms with Crippen molar-refractivity contribution in [2.24, 2.45) is 0 Å². The van der Waals surface area contributed by atoms with Crippen LogP contribution >= 0.6 is 0 Å². The number of hydrogen-bond donors (Lipinski definition) is 1. The number of anilines is 1. The number of para-hydroxylation sites is 1. The van der Waals surface area contributed by atoms with Gasteiger partial charge < -0.3 is 14.5 Å². The van der Waals surface area contributed by atoms with E-state index in [1.165, 1.54) is 4.68 Å². The SMILES string of the molecule is CCOCCOc1c(N2CCN2)cnn(-c2ccccc2)c1=O. The molecule has 1 aromatic carbocycles. The summed E-state index contributed by atoms with van der Waals surface area (Å²) in [6, 6.07) is 9.29. The molecule has 0 atom stereocenters. The lowest BCUT2D eigenvalue weighted by Gasteiger charge is -2.34. The summed E-state index contributed by atoms with van der Waals surface area (Å²) >= 11 is 0. The van der Waals surface area contributed by atoms with E-state index in [0.717, 1.165) is 13.1 Å². The molecule has 3 rings (SSSR count). The van der Waals surface area contributed by atoms with Gasteiger partial charge in [-0.1, -0.05) is 18.2 Å². The third-order valence-corrected chi connectivity index (χ3v) is 3.52. The van der Waals surface area contributed by atoms with Gasteiger partial charge in [-0.15, -0.1) is 0 Å². The van der Waals surface area contributed by atoms with Crippen molar-refractivity contribution >= 4 is 5.69 Å². The van der Waals surface area contributed by atoms with E-state index >= 15 is 0 Å². The molecule has 0 unspecified atom stereocenters. The molecule has 2 heterocycles. The molecule has 0 spiro atoms. The van der Waals surface area contributed by atoms with Gasteiger partial charge in [-0.25, -0.2) is 5.43 Å². The van der Waals surface area contributed by atoms with Crippen molar-refractivity contribution in [3.05, 3.63) is 46.9 Å². The van der Waals surface area contributed by atoms with Crippen molar-refractivity contribution < 1.29 is 9.47 Å². The number of aromatic nitrogens is 2. The summed E-state index contributed by atoms with van der Waals surface area (Å²) in [5.41, 5.74) is 4.21. The first-order valence-corrected chi connectivity index (χ1v) is 7.70. The minimum atomic E-state index is -0.279. The molecule has 0 aliphatic carbocycles. The lowest BCUT2D eigenvalue weighted by Crippen LogP contribution is -2.54. The Morgan fingerprint density at radius 3 is 2.70 bits per heavy atom. The predicted molar refractivity (Wildman–Crippen MR) is 87.2 cm³/mol. The van der Waals surface area contributed by atoms with Crippen molar-refractivity contribution in [1.29, 1.82) is 0 Å². The minimum absolute atomic E-state index is 0.279. The third-order valence-electron chi connectivity index (χ3n) is 3.52. The van der Waals surface area contributed by atoms with Crippen LogP contribution in [-0.2, 0) is 4.74 Å². The smallest absolute Gasteiger partial charge is 0.316 e. The van der Waals surface area contributed by atoms with Gasteiger partial charge >= 0.3 is 5.56 Å². The minimum Gasteiger partial charge on any atom is -0.484 e. The Bertz CT molecular complexity index is 698. The van der Waals surface area contributed by atoms with E-state index in [1.807, 2.05) is 42.3 Å². The van der Waals surface area contributed by atoms with Gasteiger partial charge in [0.1, 0.15) is 12.3 Å². The van der Waals surface area contributed by atoms with E-state index in [2.05, 4.69) is 10.5 Å². The fourth-order valence-corrected chi connectivity index (χ4v) is 2.29. The Kier molecular flexibility index (Phi) is 4.89. The van der Waals surface area contributed by atoms with Crippen LogP contribution in [0.25, 0.3) is 5.69 Å². The molecule has 1 aliphatic heterocycles. The first-order chi connectivity index (χ1) is 11.3. The van der Waals surface area contributed by atoms with Crippen LogP contribution in [-0.4, -0.2) is 42.7 Å². The number of hydrogen-bond acceptors (Lipinski definition) is 6. The molecule has 0 saturated carbocycles. The molecule has 0 amide bonds. The molecule has 1 N–H and O–H groups in total. The Morgan fingerprint density at radius 1 is 1.26 bits per heavy atom. The Labute approximate surface area is 134 Å². The summed E-state index contributed by atoms with van der Waals surface area (Å²) in [5.74, 6) is 0.288. The molecule has 7 heteroatoms. The van der Waals surface area contributed by atoms with Crippen LogP contribution in [0.5, 0.6) is 5.75 Å². The summed E-state index contributed by atoms with van der Waals surface area (Å²) < 4.78 is 12.3. The zero-order chi connectivity index (χ0) is 16.1. The van der Waals surface area contributed by atoms with Crippen LogP contribution in [0.3, 0.4) is 0 Å². The van der Waals surface area contributed by atoms with E-state index in [4.69, 9.17) is 9.47 Å². The van der Waals surface area contributed by atoms with Gasteiger partial charge in [-0.3, -0.25) is 4.79 Å². The van der Waals surface area contributed by atoms with E-state index in [0.29, 0.717) is 31.2 Å². The molecular formula is C16H20N4O3. The van der Waals surface area contributed by atoms with Gasteiger partial charge in [0.05, 0.1) is 18.5 Å². The molecule has 7 nitrogen and oxygen atoms in total. The van der Waals surface area contributed by atoms with Gasteiger partial charge in [0, 0.05) is 19.7 Å². The number of benzene rings is 1. The molecular weight excluding hydrogens is 296 g/mol. The molecule has 0 radical (unpaired) electrons. The van der Waals surface area contributed by atoms with Crippen molar-refractivity contribution in [3.8, 4) is 11.4 Å². The zero-order valence-electron chi connectivity index (χ0n) is 13.1. The second-order valence-corrected chi connectivity index (χ2v) is 5.02. The Hall–Kier alpha value is -2.38. The summed E-state index contributed by atoms with van der Waals surface area (Å²) in [7, 11) is 0. The highest BCUT2D eigenvalue weighted by atomic mass is 16.5. The Morgan fingerprint density at radius 2 is 2.04 bits per heavy atom. The quantitative estimate of drug-likeness (QED) is 0.768. The largest absolute Gasteiger partial charge is 0.484 e. The van der Waals surface area contributed by atoms with Crippen LogP contribution < -0.4 is 20.7 Å². The van der Waals surface area contributed by atoms with Crippen molar-refractivity contribution in [3.63, 3.8) is 0 Å². The summed E-state index contributed by atoms with van der Waals surface area (Å²) in [4.78, 5) is 12.8.